The number of nitrogens with zero attached hydrogens (tertiary/aromatic N) is 2. The molecule has 6 nitrogen and oxygen atoms in total. The molecule has 0 N–H and O–H groups in total. The fourth-order valence-electron chi connectivity index (χ4n) is 2.62. The van der Waals surface area contributed by atoms with Crippen molar-refractivity contribution in [1.29, 1.82) is 0 Å². The van der Waals surface area contributed by atoms with Gasteiger partial charge in [0.1, 0.15) is 19.0 Å². The predicted molar refractivity (Wildman–Crippen MR) is 116 cm³/mol. The van der Waals surface area contributed by atoms with Crippen LogP contribution in [0.15, 0.2) is 79.0 Å². The topological polar surface area (TPSA) is 60.4 Å². The lowest BCUT2D eigenvalue weighted by atomic mass is 10.1. The van der Waals surface area contributed by atoms with E-state index in [1.165, 1.54) is 12.0 Å². The average molecular weight is 394 g/mol. The Morgan fingerprint density at radius 3 is 2.66 bits per heavy atom. The summed E-state index contributed by atoms with van der Waals surface area (Å²) in [5, 5.41) is 4.05. The number of para-hydroxylation sites is 1. The Morgan fingerprint density at radius 1 is 1.14 bits per heavy atom. The molecule has 0 atom stereocenters. The minimum absolute atomic E-state index is 0.285. The number of hydrogen-bond acceptors (Lipinski definition) is 5. The molecular formula is C23H26N2O4. The van der Waals surface area contributed by atoms with Crippen LogP contribution in [0.25, 0.3) is 0 Å². The fourth-order valence-corrected chi connectivity index (χ4v) is 2.62. The van der Waals surface area contributed by atoms with Crippen LogP contribution in [-0.4, -0.2) is 32.1 Å². The lowest BCUT2D eigenvalue weighted by molar-refractivity contribution is 0.175. The lowest BCUT2D eigenvalue weighted by Crippen LogP contribution is -2.31. The zero-order valence-electron chi connectivity index (χ0n) is 16.8. The van der Waals surface area contributed by atoms with Crippen molar-refractivity contribution in [3.63, 3.8) is 0 Å². The number of oxime groups is 1. The molecular weight excluding hydrogens is 368 g/mol. The molecule has 0 fully saturated rings. The summed E-state index contributed by atoms with van der Waals surface area (Å²) in [6.07, 6.45) is 2.83. The van der Waals surface area contributed by atoms with Gasteiger partial charge in [-0.2, -0.15) is 0 Å². The van der Waals surface area contributed by atoms with Crippen molar-refractivity contribution in [2.45, 2.75) is 13.5 Å². The van der Waals surface area contributed by atoms with E-state index in [4.69, 9.17) is 14.3 Å². The second-order valence-corrected chi connectivity index (χ2v) is 6.08. The van der Waals surface area contributed by atoms with Gasteiger partial charge in [-0.3, -0.25) is 4.90 Å². The normalized spacial score (nSPS) is 10.8. The van der Waals surface area contributed by atoms with E-state index >= 15 is 0 Å². The van der Waals surface area contributed by atoms with Gasteiger partial charge in [0, 0.05) is 17.7 Å². The van der Waals surface area contributed by atoms with Crippen molar-refractivity contribution in [3.05, 3.63) is 85.0 Å². The van der Waals surface area contributed by atoms with E-state index in [1.54, 1.807) is 12.2 Å². The Morgan fingerprint density at radius 2 is 1.93 bits per heavy atom. The second-order valence-electron chi connectivity index (χ2n) is 6.08. The van der Waals surface area contributed by atoms with Crippen LogP contribution in [0.5, 0.6) is 5.75 Å². The quantitative estimate of drug-likeness (QED) is 0.248. The van der Waals surface area contributed by atoms with Crippen molar-refractivity contribution in [3.8, 4) is 5.75 Å². The summed E-state index contributed by atoms with van der Waals surface area (Å²) in [6, 6.07) is 15.1. The average Bonchev–Trinajstić information content (AvgIpc) is 2.76. The number of benzene rings is 2. The Labute approximate surface area is 171 Å². The highest BCUT2D eigenvalue weighted by Crippen LogP contribution is 2.24. The first-order chi connectivity index (χ1) is 14.1. The van der Waals surface area contributed by atoms with Gasteiger partial charge in [0.05, 0.1) is 18.5 Å². The number of amides is 1. The molecule has 0 heterocycles. The van der Waals surface area contributed by atoms with Gasteiger partial charge in [0.15, 0.2) is 0 Å². The van der Waals surface area contributed by atoms with Gasteiger partial charge in [0.2, 0.25) is 0 Å². The Hall–Kier alpha value is -3.54. The number of hydrogen-bond donors (Lipinski definition) is 0. The van der Waals surface area contributed by atoms with E-state index in [0.717, 1.165) is 16.8 Å². The molecule has 2 aromatic rings. The molecule has 0 radical (unpaired) electrons. The molecule has 29 heavy (non-hydrogen) atoms. The fraction of sp³-hybridized carbons (Fsp3) is 0.217. The summed E-state index contributed by atoms with van der Waals surface area (Å²) in [5.41, 5.74) is 3.19. The van der Waals surface area contributed by atoms with Crippen LogP contribution < -0.4 is 9.64 Å². The molecule has 0 unspecified atom stereocenters. The van der Waals surface area contributed by atoms with E-state index in [1.807, 2.05) is 55.5 Å². The van der Waals surface area contributed by atoms with E-state index < -0.39 is 6.09 Å². The third kappa shape index (κ3) is 6.24. The monoisotopic (exact) mass is 394 g/mol. The number of rotatable bonds is 10. The highest BCUT2D eigenvalue weighted by molar-refractivity contribution is 5.98. The Balaban J connectivity index is 2.17. The summed E-state index contributed by atoms with van der Waals surface area (Å²) in [7, 11) is 1.35. The van der Waals surface area contributed by atoms with E-state index in [-0.39, 0.29) is 6.61 Å². The highest BCUT2D eigenvalue weighted by atomic mass is 16.6. The number of carbonyl (C=O) groups is 1. The number of ether oxygens (including phenoxy) is 2. The minimum Gasteiger partial charge on any atom is -0.489 e. The summed E-state index contributed by atoms with van der Waals surface area (Å²) < 4.78 is 10.9. The smallest absolute Gasteiger partial charge is 0.414 e. The largest absolute Gasteiger partial charge is 0.489 e. The summed E-state index contributed by atoms with van der Waals surface area (Å²) >= 11 is 0. The molecule has 152 valence electrons. The minimum atomic E-state index is -0.453. The molecule has 0 aliphatic carbocycles. The molecule has 0 saturated heterocycles. The van der Waals surface area contributed by atoms with Crippen LogP contribution in [0.4, 0.5) is 10.5 Å². The van der Waals surface area contributed by atoms with E-state index in [9.17, 15) is 4.79 Å². The molecule has 2 aromatic carbocycles. The molecule has 2 rings (SSSR count). The Bertz CT molecular complexity index is 877. The van der Waals surface area contributed by atoms with Crippen molar-refractivity contribution >= 4 is 17.5 Å². The van der Waals surface area contributed by atoms with Crippen LogP contribution >= 0.6 is 0 Å². The van der Waals surface area contributed by atoms with Crippen LogP contribution in [0.2, 0.25) is 0 Å². The Kier molecular flexibility index (Phi) is 8.51. The maximum Gasteiger partial charge on any atom is 0.414 e. The summed E-state index contributed by atoms with van der Waals surface area (Å²) in [4.78, 5) is 18.8. The second kappa shape index (κ2) is 11.3. The van der Waals surface area contributed by atoms with Crippen LogP contribution in [0.1, 0.15) is 18.1 Å². The number of carbonyl (C=O) groups excluding carboxylic acids is 1. The number of anilines is 1. The van der Waals surface area contributed by atoms with Crippen LogP contribution in [0.3, 0.4) is 0 Å². The van der Waals surface area contributed by atoms with Gasteiger partial charge in [-0.15, -0.1) is 6.58 Å². The van der Waals surface area contributed by atoms with Crippen LogP contribution in [-0.2, 0) is 16.2 Å². The van der Waals surface area contributed by atoms with Gasteiger partial charge in [-0.25, -0.2) is 4.79 Å². The van der Waals surface area contributed by atoms with Crippen molar-refractivity contribution in [2.75, 3.05) is 25.2 Å². The summed E-state index contributed by atoms with van der Waals surface area (Å²) in [5.74, 6) is 0.684. The lowest BCUT2D eigenvalue weighted by Gasteiger charge is -2.22. The third-order valence-corrected chi connectivity index (χ3v) is 4.03. The molecule has 0 bridgehead atoms. The van der Waals surface area contributed by atoms with Crippen molar-refractivity contribution < 1.29 is 19.1 Å². The first kappa shape index (κ1) is 21.8. The first-order valence-electron chi connectivity index (χ1n) is 9.15. The van der Waals surface area contributed by atoms with Crippen molar-refractivity contribution in [1.82, 2.24) is 0 Å². The predicted octanol–water partition coefficient (Wildman–Crippen LogP) is 4.95. The van der Waals surface area contributed by atoms with Gasteiger partial charge >= 0.3 is 6.09 Å². The zero-order valence-corrected chi connectivity index (χ0v) is 16.8. The molecule has 1 amide bonds. The van der Waals surface area contributed by atoms with Crippen molar-refractivity contribution in [2.24, 2.45) is 5.16 Å². The molecule has 0 aliphatic heterocycles. The summed E-state index contributed by atoms with van der Waals surface area (Å²) in [6.45, 7) is 10.1. The molecule has 0 aliphatic rings. The molecule has 6 heteroatoms. The number of methoxy groups -OCH3 is 1. The first-order valence-corrected chi connectivity index (χ1v) is 9.15. The van der Waals surface area contributed by atoms with Crippen LogP contribution in [0, 0.1) is 0 Å². The van der Waals surface area contributed by atoms with E-state index in [0.29, 0.717) is 24.6 Å². The maximum atomic E-state index is 12.1. The van der Waals surface area contributed by atoms with Gasteiger partial charge in [-0.05, 0) is 25.1 Å². The zero-order chi connectivity index (χ0) is 21.1. The van der Waals surface area contributed by atoms with Gasteiger partial charge < -0.3 is 14.3 Å². The highest BCUT2D eigenvalue weighted by Gasteiger charge is 2.18. The molecule has 0 spiro atoms. The molecule has 0 aromatic heterocycles. The molecule has 0 saturated carbocycles. The third-order valence-electron chi connectivity index (χ3n) is 4.03. The SMILES string of the molecule is C=CCON=C(C)c1cccc(OCc2ccccc2N(CC=C)C(=O)OC)c1. The van der Waals surface area contributed by atoms with E-state index in [2.05, 4.69) is 18.3 Å². The standard InChI is InChI=1S/C23H26N2O4/c1-5-14-25(23(26)27-4)22-13-8-7-10-20(22)17-28-21-12-9-11-19(16-21)18(3)24-29-15-6-2/h5-13,16H,1-2,14-15,17H2,3-4H3. The maximum absolute atomic E-state index is 12.1. The van der Waals surface area contributed by atoms with Gasteiger partial charge in [0.25, 0.3) is 0 Å². The van der Waals surface area contributed by atoms with Gasteiger partial charge in [-0.1, -0.05) is 54.2 Å².